The number of aryl methyl sites for hydroxylation is 1. The maximum Gasteiger partial charge on any atom is 0.157 e. The molecular weight excluding hydrogens is 232 g/mol. The van der Waals surface area contributed by atoms with Gasteiger partial charge in [0.15, 0.2) is 5.75 Å². The minimum Gasteiger partial charge on any atom is -0.488 e. The van der Waals surface area contributed by atoms with Crippen LogP contribution in [0.5, 0.6) is 5.75 Å². The van der Waals surface area contributed by atoms with E-state index < -0.39 is 0 Å². The molecule has 18 heavy (non-hydrogen) atoms. The summed E-state index contributed by atoms with van der Waals surface area (Å²) < 4.78 is 7.32. The lowest BCUT2D eigenvalue weighted by atomic mass is 9.88. The molecule has 0 aliphatic heterocycles. The first-order chi connectivity index (χ1) is 8.35. The van der Waals surface area contributed by atoms with Crippen LogP contribution in [0.4, 0.5) is 0 Å². The predicted molar refractivity (Wildman–Crippen MR) is 69.8 cm³/mol. The molecule has 6 nitrogen and oxygen atoms in total. The van der Waals surface area contributed by atoms with Gasteiger partial charge in [-0.15, -0.1) is 0 Å². The van der Waals surface area contributed by atoms with Gasteiger partial charge in [-0.3, -0.25) is 4.68 Å². The number of aromatic nitrogens is 2. The van der Waals surface area contributed by atoms with E-state index in [1.165, 1.54) is 0 Å². The van der Waals surface area contributed by atoms with Crippen molar-refractivity contribution >= 4 is 5.84 Å². The van der Waals surface area contributed by atoms with Gasteiger partial charge in [0, 0.05) is 12.0 Å². The fourth-order valence-corrected chi connectivity index (χ4v) is 1.46. The first-order valence-corrected chi connectivity index (χ1v) is 6.02. The molecule has 0 atom stereocenters. The summed E-state index contributed by atoms with van der Waals surface area (Å²) in [4.78, 5) is 0. The number of nitrogens with two attached hydrogens (primary N) is 1. The maximum absolute atomic E-state index is 8.69. The van der Waals surface area contributed by atoms with Crippen molar-refractivity contribution in [1.29, 1.82) is 0 Å². The van der Waals surface area contributed by atoms with Gasteiger partial charge < -0.3 is 15.7 Å². The van der Waals surface area contributed by atoms with Crippen molar-refractivity contribution in [3.05, 3.63) is 12.4 Å². The molecule has 0 saturated carbocycles. The molecule has 3 N–H and O–H groups in total. The van der Waals surface area contributed by atoms with Crippen molar-refractivity contribution in [2.45, 2.75) is 46.8 Å². The molecule has 0 spiro atoms. The molecule has 1 aromatic heterocycles. The van der Waals surface area contributed by atoms with Crippen LogP contribution in [0.15, 0.2) is 17.5 Å². The number of hydrogen-bond acceptors (Lipinski definition) is 4. The molecule has 0 aliphatic rings. The molecule has 1 heterocycles. The van der Waals surface area contributed by atoms with Crippen LogP contribution in [0.25, 0.3) is 0 Å². The van der Waals surface area contributed by atoms with Gasteiger partial charge in [0.05, 0.1) is 18.5 Å². The standard InChI is InChI=1S/C12H22N4O2/c1-9(2)18-10-7-14-16(8-10)6-5-12(3,4)11(13)15-17/h7-9,17H,5-6H2,1-4H3,(H2,13,15). The Morgan fingerprint density at radius 1 is 1.61 bits per heavy atom. The summed E-state index contributed by atoms with van der Waals surface area (Å²) in [5, 5.41) is 16.0. The lowest BCUT2D eigenvalue weighted by Crippen LogP contribution is -2.33. The van der Waals surface area contributed by atoms with Gasteiger partial charge >= 0.3 is 0 Å². The summed E-state index contributed by atoms with van der Waals surface area (Å²) in [6.07, 6.45) is 4.40. The molecule has 6 heteroatoms. The minimum absolute atomic E-state index is 0.135. The molecule has 0 amide bonds. The van der Waals surface area contributed by atoms with Gasteiger partial charge in [0.1, 0.15) is 5.84 Å². The van der Waals surface area contributed by atoms with Gasteiger partial charge in [-0.2, -0.15) is 5.10 Å². The van der Waals surface area contributed by atoms with Gasteiger partial charge in [-0.25, -0.2) is 0 Å². The van der Waals surface area contributed by atoms with E-state index in [0.717, 1.165) is 12.2 Å². The quantitative estimate of drug-likeness (QED) is 0.351. The van der Waals surface area contributed by atoms with Crippen molar-refractivity contribution in [2.75, 3.05) is 0 Å². The maximum atomic E-state index is 8.69. The van der Waals surface area contributed by atoms with Gasteiger partial charge in [-0.05, 0) is 20.3 Å². The van der Waals surface area contributed by atoms with Gasteiger partial charge in [0.2, 0.25) is 0 Å². The number of rotatable bonds is 6. The average Bonchev–Trinajstić information content (AvgIpc) is 2.72. The molecule has 1 aromatic rings. The predicted octanol–water partition coefficient (Wildman–Crippen LogP) is 1.83. The zero-order chi connectivity index (χ0) is 13.8. The third-order valence-electron chi connectivity index (χ3n) is 2.75. The van der Waals surface area contributed by atoms with E-state index in [4.69, 9.17) is 15.7 Å². The second-order valence-electron chi connectivity index (χ2n) is 5.22. The largest absolute Gasteiger partial charge is 0.488 e. The SMILES string of the molecule is CC(C)Oc1cnn(CCC(C)(C)C(N)=NO)c1. The molecule has 0 unspecified atom stereocenters. The van der Waals surface area contributed by atoms with Crippen LogP contribution < -0.4 is 10.5 Å². The van der Waals surface area contributed by atoms with E-state index in [0.29, 0.717) is 6.54 Å². The van der Waals surface area contributed by atoms with Crippen molar-refractivity contribution in [2.24, 2.45) is 16.3 Å². The molecule has 1 rings (SSSR count). The Hall–Kier alpha value is -1.72. The third kappa shape index (κ3) is 3.94. The van der Waals surface area contributed by atoms with E-state index in [-0.39, 0.29) is 17.4 Å². The van der Waals surface area contributed by atoms with Crippen LogP contribution in [-0.4, -0.2) is 26.9 Å². The normalized spacial score (nSPS) is 13.1. The fourth-order valence-electron chi connectivity index (χ4n) is 1.46. The van der Waals surface area contributed by atoms with E-state index in [1.807, 2.05) is 33.9 Å². The average molecular weight is 254 g/mol. The summed E-state index contributed by atoms with van der Waals surface area (Å²) in [5.74, 6) is 0.986. The van der Waals surface area contributed by atoms with Gasteiger partial charge in [0.25, 0.3) is 0 Å². The molecule has 102 valence electrons. The van der Waals surface area contributed by atoms with Crippen LogP contribution in [0.2, 0.25) is 0 Å². The highest BCUT2D eigenvalue weighted by atomic mass is 16.5. The van der Waals surface area contributed by atoms with E-state index in [9.17, 15) is 0 Å². The van der Waals surface area contributed by atoms with E-state index >= 15 is 0 Å². The van der Waals surface area contributed by atoms with E-state index in [2.05, 4.69) is 10.3 Å². The van der Waals surface area contributed by atoms with Crippen molar-refractivity contribution in [3.8, 4) is 5.75 Å². The van der Waals surface area contributed by atoms with Crippen LogP contribution >= 0.6 is 0 Å². The zero-order valence-corrected chi connectivity index (χ0v) is 11.4. The van der Waals surface area contributed by atoms with Gasteiger partial charge in [-0.1, -0.05) is 19.0 Å². The molecule has 0 bridgehead atoms. The van der Waals surface area contributed by atoms with E-state index in [1.54, 1.807) is 10.9 Å². The number of amidine groups is 1. The second kappa shape index (κ2) is 5.75. The lowest BCUT2D eigenvalue weighted by Gasteiger charge is -2.22. The number of hydrogen-bond donors (Lipinski definition) is 2. The summed E-state index contributed by atoms with van der Waals surface area (Å²) in [6, 6.07) is 0. The molecule has 0 radical (unpaired) electrons. The lowest BCUT2D eigenvalue weighted by molar-refractivity contribution is 0.242. The van der Waals surface area contributed by atoms with Crippen molar-refractivity contribution in [1.82, 2.24) is 9.78 Å². The fraction of sp³-hybridized carbons (Fsp3) is 0.667. The molecule has 0 saturated heterocycles. The Labute approximate surface area is 107 Å². The van der Waals surface area contributed by atoms with Crippen LogP contribution in [0.1, 0.15) is 34.1 Å². The number of oxime groups is 1. The highest BCUT2D eigenvalue weighted by Gasteiger charge is 2.23. The molecule has 0 aromatic carbocycles. The van der Waals surface area contributed by atoms with Crippen molar-refractivity contribution in [3.63, 3.8) is 0 Å². The Morgan fingerprint density at radius 3 is 2.83 bits per heavy atom. The highest BCUT2D eigenvalue weighted by molar-refractivity contribution is 5.85. The monoisotopic (exact) mass is 254 g/mol. The Kier molecular flexibility index (Phi) is 4.58. The highest BCUT2D eigenvalue weighted by Crippen LogP contribution is 2.21. The Morgan fingerprint density at radius 2 is 2.28 bits per heavy atom. The zero-order valence-electron chi connectivity index (χ0n) is 11.4. The topological polar surface area (TPSA) is 85.7 Å². The number of nitrogens with zero attached hydrogens (tertiary/aromatic N) is 3. The Balaban J connectivity index is 2.56. The first-order valence-electron chi connectivity index (χ1n) is 6.02. The van der Waals surface area contributed by atoms with Crippen LogP contribution in [0, 0.1) is 5.41 Å². The van der Waals surface area contributed by atoms with Crippen molar-refractivity contribution < 1.29 is 9.94 Å². The Bertz CT molecular complexity index is 410. The summed E-state index contributed by atoms with van der Waals surface area (Å²) in [5.41, 5.74) is 5.27. The molecular formula is C12H22N4O2. The summed E-state index contributed by atoms with van der Waals surface area (Å²) in [6.45, 7) is 8.48. The summed E-state index contributed by atoms with van der Waals surface area (Å²) >= 11 is 0. The molecule has 0 aliphatic carbocycles. The minimum atomic E-state index is -0.361. The van der Waals surface area contributed by atoms with Crippen LogP contribution in [-0.2, 0) is 6.54 Å². The molecule has 0 fully saturated rings. The first kappa shape index (κ1) is 14.3. The third-order valence-corrected chi connectivity index (χ3v) is 2.75. The second-order valence-corrected chi connectivity index (χ2v) is 5.22. The van der Waals surface area contributed by atoms with Crippen LogP contribution in [0.3, 0.4) is 0 Å². The number of ether oxygens (including phenoxy) is 1. The summed E-state index contributed by atoms with van der Waals surface area (Å²) in [7, 11) is 0. The smallest absolute Gasteiger partial charge is 0.157 e.